The van der Waals surface area contributed by atoms with E-state index >= 15 is 0 Å². The molecule has 1 atom stereocenters. The van der Waals surface area contributed by atoms with Gasteiger partial charge in [0, 0.05) is 42.0 Å². The number of benzene rings is 1. The average Bonchev–Trinajstić information content (AvgIpc) is 3.32. The summed E-state index contributed by atoms with van der Waals surface area (Å²) in [7, 11) is 0. The van der Waals surface area contributed by atoms with Crippen LogP contribution in [0, 0.1) is 11.8 Å². The second-order valence-electron chi connectivity index (χ2n) is 10.0. The third kappa shape index (κ3) is 5.84. The highest BCUT2D eigenvalue weighted by Crippen LogP contribution is 2.34. The number of carbonyl (C=O) groups is 1. The van der Waals surface area contributed by atoms with Crippen LogP contribution in [0.4, 0.5) is 0 Å². The lowest BCUT2D eigenvalue weighted by Gasteiger charge is -2.29. The molecule has 186 valence electrons. The fraction of sp³-hybridized carbons (Fsp3) is 0.387. The largest absolute Gasteiger partial charge is 0.350 e. The number of amides is 1. The zero-order valence-electron chi connectivity index (χ0n) is 21.0. The van der Waals surface area contributed by atoms with Crippen LogP contribution >= 0.6 is 0 Å². The first-order chi connectivity index (χ1) is 17.8. The maximum absolute atomic E-state index is 13.3. The number of carbonyl (C=O) groups excluding carboxylic acids is 1. The zero-order chi connectivity index (χ0) is 24.6. The molecule has 1 aliphatic carbocycles. The summed E-state index contributed by atoms with van der Waals surface area (Å²) < 4.78 is 2.29. The summed E-state index contributed by atoms with van der Waals surface area (Å²) in [6.45, 7) is 1.42. The molecular weight excluding hydrogens is 444 g/mol. The van der Waals surface area contributed by atoms with Gasteiger partial charge in [0.2, 0.25) is 5.91 Å². The monoisotopic (exact) mass is 480 g/mol. The Balaban J connectivity index is 1.23. The highest BCUT2D eigenvalue weighted by atomic mass is 16.1. The van der Waals surface area contributed by atoms with Crippen molar-refractivity contribution in [2.24, 2.45) is 11.8 Å². The second-order valence-corrected chi connectivity index (χ2v) is 10.0. The molecular formula is C31H36N4O. The fourth-order valence-corrected chi connectivity index (χ4v) is 5.72. The Hall–Kier alpha value is -3.47. The maximum atomic E-state index is 13.3. The predicted molar refractivity (Wildman–Crippen MR) is 145 cm³/mol. The van der Waals surface area contributed by atoms with Crippen molar-refractivity contribution in [2.45, 2.75) is 64.5 Å². The van der Waals surface area contributed by atoms with Crippen LogP contribution in [0.5, 0.6) is 0 Å². The van der Waals surface area contributed by atoms with Gasteiger partial charge in [0.05, 0.1) is 12.2 Å². The van der Waals surface area contributed by atoms with Crippen molar-refractivity contribution in [1.29, 1.82) is 0 Å². The predicted octanol–water partition coefficient (Wildman–Crippen LogP) is 6.78. The molecule has 1 N–H and O–H groups in total. The van der Waals surface area contributed by atoms with E-state index in [1.165, 1.54) is 48.6 Å². The van der Waals surface area contributed by atoms with E-state index in [9.17, 15) is 4.79 Å². The quantitative estimate of drug-likeness (QED) is 0.255. The molecule has 0 radical (unpaired) electrons. The lowest BCUT2D eigenvalue weighted by molar-refractivity contribution is -0.127. The summed E-state index contributed by atoms with van der Waals surface area (Å²) in [4.78, 5) is 22.3. The van der Waals surface area contributed by atoms with Crippen LogP contribution in [0.3, 0.4) is 0 Å². The van der Waals surface area contributed by atoms with Gasteiger partial charge >= 0.3 is 0 Å². The first-order valence-corrected chi connectivity index (χ1v) is 13.5. The number of hydrogen-bond acceptors (Lipinski definition) is 3. The molecule has 5 nitrogen and oxygen atoms in total. The first-order valence-electron chi connectivity index (χ1n) is 13.5. The minimum atomic E-state index is 0.0911. The molecule has 1 aliphatic rings. The van der Waals surface area contributed by atoms with E-state index in [0.717, 1.165) is 37.1 Å². The third-order valence-electron chi connectivity index (χ3n) is 7.61. The van der Waals surface area contributed by atoms with Gasteiger partial charge in [-0.3, -0.25) is 9.78 Å². The van der Waals surface area contributed by atoms with Gasteiger partial charge in [0.15, 0.2) is 0 Å². The number of hydrogen-bond donors (Lipinski definition) is 1. The van der Waals surface area contributed by atoms with Crippen molar-refractivity contribution in [2.75, 3.05) is 0 Å². The van der Waals surface area contributed by atoms with Crippen LogP contribution in [-0.4, -0.2) is 20.4 Å². The number of nitrogens with zero attached hydrogens (tertiary/aromatic N) is 3. The molecule has 4 aromatic rings. The van der Waals surface area contributed by atoms with E-state index in [4.69, 9.17) is 0 Å². The SMILES string of the molecule is O=C(NCc1ccccn1)[C@H](CCCCn1cc(-c2ccccc2)c2cccnc21)C1CCCCC1. The first kappa shape index (κ1) is 24.2. The molecule has 3 heterocycles. The summed E-state index contributed by atoms with van der Waals surface area (Å²) in [6.07, 6.45) is 15.1. The van der Waals surface area contributed by atoms with Gasteiger partial charge in [-0.25, -0.2) is 4.98 Å². The lowest BCUT2D eigenvalue weighted by atomic mass is 9.77. The second kappa shape index (κ2) is 12.0. The number of fused-ring (bicyclic) bond motifs is 1. The van der Waals surface area contributed by atoms with Crippen molar-refractivity contribution in [3.63, 3.8) is 0 Å². The Morgan fingerprint density at radius 1 is 0.917 bits per heavy atom. The Kier molecular flexibility index (Phi) is 8.06. The Morgan fingerprint density at radius 2 is 1.72 bits per heavy atom. The van der Waals surface area contributed by atoms with Gasteiger partial charge in [-0.1, -0.05) is 62.1 Å². The maximum Gasteiger partial charge on any atom is 0.223 e. The summed E-state index contributed by atoms with van der Waals surface area (Å²) >= 11 is 0. The summed E-state index contributed by atoms with van der Waals surface area (Å²) in [5.41, 5.74) is 4.40. The molecule has 1 saturated carbocycles. The van der Waals surface area contributed by atoms with E-state index in [1.807, 2.05) is 30.5 Å². The van der Waals surface area contributed by atoms with Crippen molar-refractivity contribution >= 4 is 16.9 Å². The number of rotatable bonds is 10. The van der Waals surface area contributed by atoms with Gasteiger partial charge in [-0.05, 0) is 61.4 Å². The van der Waals surface area contributed by atoms with Gasteiger partial charge in [-0.15, -0.1) is 0 Å². The smallest absolute Gasteiger partial charge is 0.223 e. The summed E-state index contributed by atoms with van der Waals surface area (Å²) in [6, 6.07) is 20.5. The zero-order valence-corrected chi connectivity index (χ0v) is 21.0. The summed E-state index contributed by atoms with van der Waals surface area (Å²) in [5, 5.41) is 4.38. The minimum Gasteiger partial charge on any atom is -0.350 e. The molecule has 0 unspecified atom stereocenters. The van der Waals surface area contributed by atoms with Gasteiger partial charge in [0.1, 0.15) is 5.65 Å². The molecule has 5 rings (SSSR count). The highest BCUT2D eigenvalue weighted by molar-refractivity contribution is 5.94. The van der Waals surface area contributed by atoms with Crippen molar-refractivity contribution in [1.82, 2.24) is 19.9 Å². The molecule has 1 fully saturated rings. The minimum absolute atomic E-state index is 0.0911. The van der Waals surface area contributed by atoms with Crippen LogP contribution < -0.4 is 5.32 Å². The molecule has 0 aliphatic heterocycles. The fourth-order valence-electron chi connectivity index (χ4n) is 5.72. The van der Waals surface area contributed by atoms with Crippen LogP contribution in [0.15, 0.2) is 79.3 Å². The molecule has 5 heteroatoms. The number of pyridine rings is 2. The van der Waals surface area contributed by atoms with Crippen LogP contribution in [0.2, 0.25) is 0 Å². The topological polar surface area (TPSA) is 59.8 Å². The Morgan fingerprint density at radius 3 is 2.53 bits per heavy atom. The van der Waals surface area contributed by atoms with Crippen LogP contribution in [0.25, 0.3) is 22.2 Å². The number of nitrogens with one attached hydrogen (secondary N) is 1. The molecule has 0 spiro atoms. The van der Waals surface area contributed by atoms with Gasteiger partial charge in [-0.2, -0.15) is 0 Å². The Bertz CT molecular complexity index is 1250. The number of aromatic nitrogens is 3. The van der Waals surface area contributed by atoms with Crippen molar-refractivity contribution < 1.29 is 4.79 Å². The van der Waals surface area contributed by atoms with Crippen LogP contribution in [0.1, 0.15) is 57.1 Å². The van der Waals surface area contributed by atoms with E-state index < -0.39 is 0 Å². The standard InChI is InChI=1S/C31H36N4O/c36-31(34-22-26-16-7-9-19-32-26)27(24-12-3-1-4-13-24)17-8-10-21-35-23-29(25-14-5-2-6-15-25)28-18-11-20-33-30(28)35/h2,5-7,9,11,14-16,18-20,23-24,27H,1,3-4,8,10,12-13,17,21-22H2,(H,34,36)/t27-/m1/s1. The van der Waals surface area contributed by atoms with Crippen molar-refractivity contribution in [3.05, 3.63) is 84.9 Å². The van der Waals surface area contributed by atoms with E-state index in [1.54, 1.807) is 6.20 Å². The molecule has 36 heavy (non-hydrogen) atoms. The lowest BCUT2D eigenvalue weighted by Crippen LogP contribution is -2.35. The molecule has 1 amide bonds. The summed E-state index contributed by atoms with van der Waals surface area (Å²) in [5.74, 6) is 0.793. The number of aryl methyl sites for hydroxylation is 1. The molecule has 1 aromatic carbocycles. The van der Waals surface area contributed by atoms with E-state index in [2.05, 4.69) is 62.4 Å². The van der Waals surface area contributed by atoms with Gasteiger partial charge in [0.25, 0.3) is 0 Å². The highest BCUT2D eigenvalue weighted by Gasteiger charge is 2.29. The third-order valence-corrected chi connectivity index (χ3v) is 7.61. The van der Waals surface area contributed by atoms with Crippen LogP contribution in [-0.2, 0) is 17.9 Å². The molecule has 3 aromatic heterocycles. The Labute approximate surface area is 214 Å². The molecule has 0 bridgehead atoms. The van der Waals surface area contributed by atoms with Crippen molar-refractivity contribution in [3.8, 4) is 11.1 Å². The average molecular weight is 481 g/mol. The molecule has 0 saturated heterocycles. The normalized spacial score (nSPS) is 15.1. The van der Waals surface area contributed by atoms with E-state index in [-0.39, 0.29) is 11.8 Å². The van der Waals surface area contributed by atoms with Gasteiger partial charge < -0.3 is 9.88 Å². The number of unbranched alkanes of at least 4 members (excludes halogenated alkanes) is 1. The van der Waals surface area contributed by atoms with E-state index in [0.29, 0.717) is 12.5 Å².